The molecule has 0 aromatic carbocycles. The Kier molecular flexibility index (Phi) is 5.75. The van der Waals surface area contributed by atoms with Crippen LogP contribution in [-0.2, 0) is 14.2 Å². The maximum Gasteiger partial charge on any atom is 0.510 e. The van der Waals surface area contributed by atoms with Crippen molar-refractivity contribution >= 4 is 17.7 Å². The predicted molar refractivity (Wildman–Crippen MR) is 81.6 cm³/mol. The van der Waals surface area contributed by atoms with Crippen molar-refractivity contribution in [3.05, 3.63) is 24.0 Å². The van der Waals surface area contributed by atoms with E-state index >= 15 is 0 Å². The molecule has 2 heterocycles. The number of hydrogen-bond donors (Lipinski definition) is 2. The Morgan fingerprint density at radius 3 is 2.96 bits per heavy atom. The third-order valence-electron chi connectivity index (χ3n) is 3.34. The Labute approximate surface area is 134 Å². The van der Waals surface area contributed by atoms with Crippen LogP contribution in [0, 0.1) is 0 Å². The molecular formula is C15H21N3O5. The van der Waals surface area contributed by atoms with E-state index in [0.717, 1.165) is 12.8 Å². The van der Waals surface area contributed by atoms with Crippen molar-refractivity contribution in [3.63, 3.8) is 0 Å². The number of nitrogen functional groups attached to an aromatic ring is 1. The molecule has 126 valence electrons. The second-order valence-corrected chi connectivity index (χ2v) is 5.31. The number of hydrogen-bond acceptors (Lipinski definition) is 7. The molecule has 0 radical (unpaired) electrons. The van der Waals surface area contributed by atoms with Crippen molar-refractivity contribution < 1.29 is 23.8 Å². The summed E-state index contributed by atoms with van der Waals surface area (Å²) in [7, 11) is 0. The lowest BCUT2D eigenvalue weighted by Gasteiger charge is -2.28. The van der Waals surface area contributed by atoms with E-state index in [1.165, 1.54) is 18.5 Å². The number of carbonyl (C=O) groups is 2. The van der Waals surface area contributed by atoms with Crippen LogP contribution in [0.2, 0.25) is 0 Å². The lowest BCUT2D eigenvalue weighted by atomic mass is 10.1. The van der Waals surface area contributed by atoms with Gasteiger partial charge in [-0.3, -0.25) is 9.78 Å². The number of nitrogens with one attached hydrogen (secondary N) is 1. The minimum Gasteiger partial charge on any atom is -0.434 e. The Morgan fingerprint density at radius 2 is 2.30 bits per heavy atom. The van der Waals surface area contributed by atoms with Gasteiger partial charge in [0.15, 0.2) is 0 Å². The van der Waals surface area contributed by atoms with Gasteiger partial charge in [0.2, 0.25) is 5.72 Å². The summed E-state index contributed by atoms with van der Waals surface area (Å²) in [5.74, 6) is -0.448. The van der Waals surface area contributed by atoms with Crippen LogP contribution in [0.5, 0.6) is 0 Å². The minimum atomic E-state index is -1.23. The number of aromatic nitrogens is 1. The van der Waals surface area contributed by atoms with E-state index in [-0.39, 0.29) is 18.8 Å². The maximum atomic E-state index is 12.3. The summed E-state index contributed by atoms with van der Waals surface area (Å²) in [5, 5.41) is 2.67. The van der Waals surface area contributed by atoms with Crippen LogP contribution in [0.15, 0.2) is 18.5 Å². The average Bonchev–Trinajstić information content (AvgIpc) is 2.95. The van der Waals surface area contributed by atoms with Gasteiger partial charge in [-0.15, -0.1) is 0 Å². The summed E-state index contributed by atoms with van der Waals surface area (Å²) in [4.78, 5) is 27.9. The first kappa shape index (κ1) is 17.0. The fraction of sp³-hybridized carbons (Fsp3) is 0.533. The molecule has 2 rings (SSSR count). The number of nitrogens with zero attached hydrogens (tertiary/aromatic N) is 1. The Morgan fingerprint density at radius 1 is 1.48 bits per heavy atom. The molecule has 1 aliphatic rings. The highest BCUT2D eigenvalue weighted by atomic mass is 16.7. The number of rotatable bonds is 6. The van der Waals surface area contributed by atoms with Crippen molar-refractivity contribution in [3.8, 4) is 0 Å². The van der Waals surface area contributed by atoms with Gasteiger partial charge in [-0.25, -0.2) is 4.79 Å². The van der Waals surface area contributed by atoms with Crippen molar-refractivity contribution in [2.45, 2.75) is 31.9 Å². The van der Waals surface area contributed by atoms with Crippen LogP contribution in [0.3, 0.4) is 0 Å². The van der Waals surface area contributed by atoms with E-state index in [1.807, 2.05) is 6.92 Å². The summed E-state index contributed by atoms with van der Waals surface area (Å²) in [6, 6.07) is 1.49. The van der Waals surface area contributed by atoms with E-state index in [9.17, 15) is 9.59 Å². The Hall–Kier alpha value is -2.35. The van der Waals surface area contributed by atoms with E-state index in [4.69, 9.17) is 19.9 Å². The van der Waals surface area contributed by atoms with Gasteiger partial charge in [-0.2, -0.15) is 0 Å². The minimum absolute atomic E-state index is 0.0668. The van der Waals surface area contributed by atoms with Gasteiger partial charge in [0.05, 0.1) is 24.5 Å². The van der Waals surface area contributed by atoms with Gasteiger partial charge < -0.3 is 25.3 Å². The second-order valence-electron chi connectivity index (χ2n) is 5.31. The zero-order valence-corrected chi connectivity index (χ0v) is 13.0. The topological polar surface area (TPSA) is 113 Å². The maximum absolute atomic E-state index is 12.3. The van der Waals surface area contributed by atoms with E-state index < -0.39 is 17.8 Å². The van der Waals surface area contributed by atoms with E-state index in [2.05, 4.69) is 10.3 Å². The van der Waals surface area contributed by atoms with E-state index in [1.54, 1.807) is 0 Å². The number of amides is 1. The van der Waals surface area contributed by atoms with Gasteiger partial charge in [0, 0.05) is 18.8 Å². The molecule has 8 nitrogen and oxygen atoms in total. The molecule has 1 atom stereocenters. The summed E-state index contributed by atoms with van der Waals surface area (Å²) < 4.78 is 15.5. The lowest BCUT2D eigenvalue weighted by Crippen LogP contribution is -2.52. The zero-order chi connectivity index (χ0) is 16.7. The number of ether oxygens (including phenoxy) is 3. The SMILES string of the molecule is CCCCOC(=O)O[C@@]1(NC(=O)c2cncc(N)c2)CCOC1. The molecule has 1 aromatic rings. The molecule has 1 fully saturated rings. The summed E-state index contributed by atoms with van der Waals surface area (Å²) >= 11 is 0. The fourth-order valence-electron chi connectivity index (χ4n) is 2.10. The predicted octanol–water partition coefficient (Wildman–Crippen LogP) is 1.46. The molecule has 0 saturated carbocycles. The Balaban J connectivity index is 2.00. The highest BCUT2D eigenvalue weighted by molar-refractivity contribution is 5.95. The fourth-order valence-corrected chi connectivity index (χ4v) is 2.10. The monoisotopic (exact) mass is 323 g/mol. The average molecular weight is 323 g/mol. The molecule has 1 aromatic heterocycles. The second kappa shape index (κ2) is 7.77. The highest BCUT2D eigenvalue weighted by Crippen LogP contribution is 2.22. The van der Waals surface area contributed by atoms with Gasteiger partial charge >= 0.3 is 6.16 Å². The molecule has 0 bridgehead atoms. The molecule has 3 N–H and O–H groups in total. The normalized spacial score (nSPS) is 20.0. The molecule has 1 amide bonds. The van der Waals surface area contributed by atoms with Crippen molar-refractivity contribution in [2.24, 2.45) is 0 Å². The van der Waals surface area contributed by atoms with Gasteiger partial charge in [-0.1, -0.05) is 13.3 Å². The summed E-state index contributed by atoms with van der Waals surface area (Å²) in [6.07, 6.45) is 3.99. The number of unbranched alkanes of at least 4 members (excludes halogenated alkanes) is 1. The molecular weight excluding hydrogens is 302 g/mol. The largest absolute Gasteiger partial charge is 0.510 e. The van der Waals surface area contributed by atoms with Crippen LogP contribution < -0.4 is 11.1 Å². The zero-order valence-electron chi connectivity index (χ0n) is 13.0. The Bertz CT molecular complexity index is 558. The first-order chi connectivity index (χ1) is 11.0. The molecule has 23 heavy (non-hydrogen) atoms. The van der Waals surface area contributed by atoms with Crippen LogP contribution in [0.4, 0.5) is 10.5 Å². The molecule has 1 aliphatic heterocycles. The van der Waals surface area contributed by atoms with Crippen LogP contribution in [-0.4, -0.2) is 42.6 Å². The highest BCUT2D eigenvalue weighted by Gasteiger charge is 2.41. The number of anilines is 1. The number of pyridine rings is 1. The molecule has 0 aliphatic carbocycles. The summed E-state index contributed by atoms with van der Waals surface area (Å²) in [6.45, 7) is 2.70. The van der Waals surface area contributed by atoms with Crippen LogP contribution in [0.25, 0.3) is 0 Å². The number of nitrogens with two attached hydrogens (primary N) is 1. The molecule has 1 saturated heterocycles. The van der Waals surface area contributed by atoms with Crippen molar-refractivity contribution in [1.82, 2.24) is 10.3 Å². The third-order valence-corrected chi connectivity index (χ3v) is 3.34. The van der Waals surface area contributed by atoms with Crippen molar-refractivity contribution in [1.29, 1.82) is 0 Å². The molecule has 0 unspecified atom stereocenters. The smallest absolute Gasteiger partial charge is 0.434 e. The van der Waals surface area contributed by atoms with Crippen LogP contribution >= 0.6 is 0 Å². The first-order valence-corrected chi connectivity index (χ1v) is 7.51. The molecule has 0 spiro atoms. The lowest BCUT2D eigenvalue weighted by molar-refractivity contribution is -0.0530. The molecule has 8 heteroatoms. The van der Waals surface area contributed by atoms with Gasteiger partial charge in [0.1, 0.15) is 6.61 Å². The van der Waals surface area contributed by atoms with Crippen LogP contribution in [0.1, 0.15) is 36.5 Å². The van der Waals surface area contributed by atoms with Gasteiger partial charge in [-0.05, 0) is 12.5 Å². The third kappa shape index (κ3) is 4.82. The van der Waals surface area contributed by atoms with Crippen molar-refractivity contribution in [2.75, 3.05) is 25.6 Å². The quantitative estimate of drug-likeness (QED) is 0.463. The van der Waals surface area contributed by atoms with E-state index in [0.29, 0.717) is 18.7 Å². The first-order valence-electron chi connectivity index (χ1n) is 7.51. The number of carbonyl (C=O) groups excluding carboxylic acids is 2. The van der Waals surface area contributed by atoms with Gasteiger partial charge in [0.25, 0.3) is 5.91 Å². The summed E-state index contributed by atoms with van der Waals surface area (Å²) in [5.41, 5.74) is 5.03. The standard InChI is InChI=1S/C15H21N3O5/c1-2-3-5-22-14(20)23-15(4-6-21-10-15)18-13(19)11-7-12(16)9-17-8-11/h7-9H,2-6,10,16H2,1H3,(H,18,19)/t15-/m0/s1.